The predicted molar refractivity (Wildman–Crippen MR) is 111 cm³/mol. The van der Waals surface area contributed by atoms with Crippen molar-refractivity contribution < 1.29 is 19.4 Å². The van der Waals surface area contributed by atoms with Crippen LogP contribution in [-0.2, 0) is 14.3 Å². The molecule has 7 heteroatoms. The number of aliphatic hydroxyl groups is 1. The third-order valence-corrected chi connectivity index (χ3v) is 5.19. The number of nitrogens with zero attached hydrogens (tertiary/aromatic N) is 1. The Morgan fingerprint density at radius 1 is 1.38 bits per heavy atom. The third kappa shape index (κ3) is 5.57. The maximum atomic E-state index is 13.0. The van der Waals surface area contributed by atoms with E-state index in [1.807, 2.05) is 32.9 Å². The minimum atomic E-state index is -0.782. The average molecular weight is 402 g/mol. The molecule has 0 aromatic heterocycles. The summed E-state index contributed by atoms with van der Waals surface area (Å²) in [4.78, 5) is 27.3. The van der Waals surface area contributed by atoms with Crippen molar-refractivity contribution in [2.75, 3.05) is 20.3 Å². The maximum absolute atomic E-state index is 13.0. The molecular weight excluding hydrogens is 370 g/mol. The normalized spacial score (nSPS) is 21.3. The average Bonchev–Trinajstić information content (AvgIpc) is 3.07. The van der Waals surface area contributed by atoms with Crippen LogP contribution in [0, 0.1) is 17.8 Å². The van der Waals surface area contributed by atoms with Gasteiger partial charge in [0.15, 0.2) is 0 Å². The van der Waals surface area contributed by atoms with Crippen LogP contribution >= 0.6 is 0 Å². The van der Waals surface area contributed by atoms with Crippen LogP contribution in [0.1, 0.15) is 44.4 Å². The lowest BCUT2D eigenvalue weighted by molar-refractivity contribution is -0.141. The number of rotatable bonds is 6. The molecule has 2 unspecified atom stereocenters. The van der Waals surface area contributed by atoms with Crippen molar-refractivity contribution in [3.05, 3.63) is 35.4 Å². The first-order valence-corrected chi connectivity index (χ1v) is 9.68. The highest BCUT2D eigenvalue weighted by atomic mass is 16.5. The van der Waals surface area contributed by atoms with Gasteiger partial charge in [-0.1, -0.05) is 38.8 Å². The van der Waals surface area contributed by atoms with Crippen LogP contribution in [0.3, 0.4) is 0 Å². The molecule has 4 N–H and O–H groups in total. The first-order chi connectivity index (χ1) is 13.6. The van der Waals surface area contributed by atoms with E-state index in [1.54, 1.807) is 19.2 Å². The Morgan fingerprint density at radius 3 is 2.52 bits per heavy atom. The Balaban J connectivity index is 2.18. The highest BCUT2D eigenvalue weighted by Crippen LogP contribution is 2.25. The monoisotopic (exact) mass is 401 g/mol. The Hall–Kier alpha value is -2.40. The highest BCUT2D eigenvalue weighted by Gasteiger charge is 2.43. The Morgan fingerprint density at radius 2 is 2.00 bits per heavy atom. The van der Waals surface area contributed by atoms with E-state index in [1.165, 1.54) is 4.90 Å². The van der Waals surface area contributed by atoms with Crippen molar-refractivity contribution in [1.82, 2.24) is 10.2 Å². The lowest BCUT2D eigenvalue weighted by Gasteiger charge is -2.33. The standard InChI is InChI=1S/C22H31N3O4/c1-6-14-7-9-15(10-8-14)17(13-29-5)24-20(27)18-11-16(26)12-25(18)21(28)19(23)22(2,3)4/h1,7-10,16-19,26H,11-13,23H2,2-5H3,(H,24,27)/t16-,17?,18+,19?/m1/s1. The molecule has 158 valence electrons. The second-order valence-electron chi connectivity index (χ2n) is 8.52. The molecule has 1 aliphatic heterocycles. The quantitative estimate of drug-likeness (QED) is 0.612. The summed E-state index contributed by atoms with van der Waals surface area (Å²) in [5.41, 5.74) is 7.23. The van der Waals surface area contributed by atoms with Crippen molar-refractivity contribution in [1.29, 1.82) is 0 Å². The number of hydrogen-bond acceptors (Lipinski definition) is 5. The van der Waals surface area contributed by atoms with Gasteiger partial charge in [-0.2, -0.15) is 0 Å². The molecule has 0 aliphatic carbocycles. The SMILES string of the molecule is C#Cc1ccc(C(COC)NC(=O)[C@@H]2C[C@@H](O)CN2C(=O)C(N)C(C)(C)C)cc1. The minimum absolute atomic E-state index is 0.0898. The maximum Gasteiger partial charge on any atom is 0.243 e. The van der Waals surface area contributed by atoms with E-state index in [4.69, 9.17) is 16.9 Å². The van der Waals surface area contributed by atoms with Crippen LogP contribution in [-0.4, -0.2) is 60.3 Å². The number of nitrogens with two attached hydrogens (primary N) is 1. The summed E-state index contributed by atoms with van der Waals surface area (Å²) in [7, 11) is 1.55. The van der Waals surface area contributed by atoms with Gasteiger partial charge in [0, 0.05) is 25.6 Å². The van der Waals surface area contributed by atoms with Gasteiger partial charge in [-0.25, -0.2) is 0 Å². The lowest BCUT2D eigenvalue weighted by atomic mass is 9.86. The topological polar surface area (TPSA) is 105 Å². The van der Waals surface area contributed by atoms with E-state index in [2.05, 4.69) is 11.2 Å². The van der Waals surface area contributed by atoms with Crippen molar-refractivity contribution in [3.63, 3.8) is 0 Å². The minimum Gasteiger partial charge on any atom is -0.391 e. The summed E-state index contributed by atoms with van der Waals surface area (Å²) in [6.07, 6.45) is 4.80. The molecule has 1 aliphatic rings. The molecule has 7 nitrogen and oxygen atoms in total. The molecule has 4 atom stereocenters. The van der Waals surface area contributed by atoms with E-state index in [9.17, 15) is 14.7 Å². The smallest absolute Gasteiger partial charge is 0.243 e. The summed E-state index contributed by atoms with van der Waals surface area (Å²) in [5, 5.41) is 13.0. The van der Waals surface area contributed by atoms with Gasteiger partial charge in [0.1, 0.15) is 6.04 Å². The number of carbonyl (C=O) groups is 2. The number of amides is 2. The number of ether oxygens (including phenoxy) is 1. The summed E-state index contributed by atoms with van der Waals surface area (Å²) in [5.74, 6) is 1.87. The van der Waals surface area contributed by atoms with Gasteiger partial charge in [0.2, 0.25) is 11.8 Å². The Kier molecular flexibility index (Phi) is 7.42. The molecule has 1 aromatic carbocycles. The first kappa shape index (κ1) is 22.9. The van der Waals surface area contributed by atoms with Gasteiger partial charge in [-0.05, 0) is 23.1 Å². The second kappa shape index (κ2) is 9.40. The van der Waals surface area contributed by atoms with Crippen molar-refractivity contribution in [2.45, 2.75) is 51.4 Å². The molecule has 2 amide bonds. The number of nitrogens with one attached hydrogen (secondary N) is 1. The van der Waals surface area contributed by atoms with E-state index >= 15 is 0 Å². The van der Waals surface area contributed by atoms with E-state index in [0.717, 1.165) is 11.1 Å². The highest BCUT2D eigenvalue weighted by molar-refractivity contribution is 5.91. The number of aliphatic hydroxyl groups excluding tert-OH is 1. The molecule has 1 fully saturated rings. The Labute approximate surface area is 172 Å². The zero-order chi connectivity index (χ0) is 21.8. The summed E-state index contributed by atoms with van der Waals surface area (Å²) in [6, 6.07) is 5.29. The fraction of sp³-hybridized carbons (Fsp3) is 0.545. The van der Waals surface area contributed by atoms with Crippen LogP contribution in [0.2, 0.25) is 0 Å². The van der Waals surface area contributed by atoms with Gasteiger partial charge < -0.3 is 25.8 Å². The molecular formula is C22H31N3O4. The Bertz CT molecular complexity index is 764. The lowest BCUT2D eigenvalue weighted by Crippen LogP contribution is -2.55. The predicted octanol–water partition coefficient (Wildman–Crippen LogP) is 0.807. The van der Waals surface area contributed by atoms with Gasteiger partial charge in [-0.3, -0.25) is 9.59 Å². The van der Waals surface area contributed by atoms with Crippen LogP contribution < -0.4 is 11.1 Å². The molecule has 0 bridgehead atoms. The molecule has 29 heavy (non-hydrogen) atoms. The molecule has 0 saturated carbocycles. The number of β-amino-alcohol motifs (C(OH)–C–C–N with tert-alkyl or cyclic N) is 1. The van der Waals surface area contributed by atoms with Gasteiger partial charge >= 0.3 is 0 Å². The molecule has 0 spiro atoms. The zero-order valence-corrected chi connectivity index (χ0v) is 17.5. The largest absolute Gasteiger partial charge is 0.391 e. The number of methoxy groups -OCH3 is 1. The number of likely N-dealkylation sites (tertiary alicyclic amines) is 1. The number of benzene rings is 1. The zero-order valence-electron chi connectivity index (χ0n) is 17.5. The van der Waals surface area contributed by atoms with Gasteiger partial charge in [0.25, 0.3) is 0 Å². The van der Waals surface area contributed by atoms with Gasteiger partial charge in [-0.15, -0.1) is 6.42 Å². The molecule has 1 aromatic rings. The number of terminal acetylenes is 1. The summed E-state index contributed by atoms with van der Waals surface area (Å²) >= 11 is 0. The fourth-order valence-corrected chi connectivity index (χ4v) is 3.32. The molecule has 1 saturated heterocycles. The number of hydrogen-bond donors (Lipinski definition) is 3. The van der Waals surface area contributed by atoms with E-state index in [-0.39, 0.29) is 31.4 Å². The van der Waals surface area contributed by atoms with Crippen LogP contribution in [0.4, 0.5) is 0 Å². The summed E-state index contributed by atoms with van der Waals surface area (Å²) < 4.78 is 5.25. The van der Waals surface area contributed by atoms with E-state index < -0.39 is 29.6 Å². The van der Waals surface area contributed by atoms with Crippen LogP contribution in [0.25, 0.3) is 0 Å². The first-order valence-electron chi connectivity index (χ1n) is 9.68. The summed E-state index contributed by atoms with van der Waals surface area (Å²) in [6.45, 7) is 5.95. The van der Waals surface area contributed by atoms with Crippen molar-refractivity contribution >= 4 is 11.8 Å². The fourth-order valence-electron chi connectivity index (χ4n) is 3.32. The molecule has 1 heterocycles. The molecule has 0 radical (unpaired) electrons. The van der Waals surface area contributed by atoms with Crippen molar-refractivity contribution in [3.8, 4) is 12.3 Å². The van der Waals surface area contributed by atoms with Gasteiger partial charge in [0.05, 0.1) is 24.8 Å². The van der Waals surface area contributed by atoms with Crippen LogP contribution in [0.5, 0.6) is 0 Å². The number of carbonyl (C=O) groups excluding carboxylic acids is 2. The third-order valence-electron chi connectivity index (χ3n) is 5.19. The second-order valence-corrected chi connectivity index (χ2v) is 8.52. The van der Waals surface area contributed by atoms with E-state index in [0.29, 0.717) is 0 Å². The molecule has 2 rings (SSSR count). The van der Waals surface area contributed by atoms with Crippen molar-refractivity contribution in [2.24, 2.45) is 11.1 Å². The van der Waals surface area contributed by atoms with Crippen LogP contribution in [0.15, 0.2) is 24.3 Å².